The number of carbonyl (C=O) groups is 1. The van der Waals surface area contributed by atoms with Crippen LogP contribution >= 0.6 is 0 Å². The van der Waals surface area contributed by atoms with Gasteiger partial charge in [0.25, 0.3) is 0 Å². The third-order valence-electron chi connectivity index (χ3n) is 3.85. The van der Waals surface area contributed by atoms with Crippen LogP contribution in [0.4, 0.5) is 0 Å². The first-order chi connectivity index (χ1) is 7.72. The topological polar surface area (TPSA) is 34.1 Å². The first-order valence-electron chi connectivity index (χ1n) is 6.25. The van der Waals surface area contributed by atoms with Crippen LogP contribution in [0.5, 0.6) is 0 Å². The van der Waals surface area contributed by atoms with E-state index in [0.29, 0.717) is 22.7 Å². The van der Waals surface area contributed by atoms with Crippen molar-refractivity contribution >= 4 is 16.6 Å². The zero-order chi connectivity index (χ0) is 11.5. The predicted molar refractivity (Wildman–Crippen MR) is 66.7 cm³/mol. The Balaban J connectivity index is 1.85. The maximum absolute atomic E-state index is 12.0. The summed E-state index contributed by atoms with van der Waals surface area (Å²) >= 11 is 0. The molecule has 2 bridgehead atoms. The molecule has 2 fully saturated rings. The maximum Gasteiger partial charge on any atom is 0.136 e. The first kappa shape index (κ1) is 12.0. The van der Waals surface area contributed by atoms with E-state index in [4.69, 9.17) is 0 Å². The molecule has 2 unspecified atom stereocenters. The van der Waals surface area contributed by atoms with E-state index in [0.717, 1.165) is 38.5 Å². The van der Waals surface area contributed by atoms with Crippen molar-refractivity contribution in [2.45, 2.75) is 55.4 Å². The second-order valence-corrected chi connectivity index (χ2v) is 6.96. The molecule has 0 radical (unpaired) electrons. The number of ketones is 1. The van der Waals surface area contributed by atoms with Crippen molar-refractivity contribution in [3.63, 3.8) is 0 Å². The average Bonchev–Trinajstić information content (AvgIpc) is 2.53. The summed E-state index contributed by atoms with van der Waals surface area (Å²) in [7, 11) is -0.632. The minimum Gasteiger partial charge on any atom is -0.299 e. The first-order valence-corrected chi connectivity index (χ1v) is 7.53. The van der Waals surface area contributed by atoms with Gasteiger partial charge < -0.3 is 0 Å². The van der Waals surface area contributed by atoms with Crippen molar-refractivity contribution in [3.8, 4) is 0 Å². The average molecular weight is 240 g/mol. The molecule has 90 valence electrons. The SMILES string of the molecule is C=CCCCC(=O)C1CC2CCC(C1)S2=O. The van der Waals surface area contributed by atoms with Crippen molar-refractivity contribution in [2.24, 2.45) is 5.92 Å². The van der Waals surface area contributed by atoms with Gasteiger partial charge in [0.15, 0.2) is 0 Å². The molecule has 0 aromatic heterocycles. The molecule has 0 aromatic carbocycles. The number of rotatable bonds is 5. The summed E-state index contributed by atoms with van der Waals surface area (Å²) in [6, 6.07) is 0. The van der Waals surface area contributed by atoms with Gasteiger partial charge in [-0.3, -0.25) is 9.00 Å². The Hall–Kier alpha value is -0.440. The summed E-state index contributed by atoms with van der Waals surface area (Å²) in [4.78, 5) is 12.0. The summed E-state index contributed by atoms with van der Waals surface area (Å²) in [6.45, 7) is 3.66. The van der Waals surface area contributed by atoms with E-state index in [2.05, 4.69) is 6.58 Å². The minimum absolute atomic E-state index is 0.208. The molecule has 0 saturated carbocycles. The van der Waals surface area contributed by atoms with Gasteiger partial charge in [0.05, 0.1) is 0 Å². The van der Waals surface area contributed by atoms with Crippen LogP contribution in [0, 0.1) is 5.92 Å². The molecule has 3 heteroatoms. The van der Waals surface area contributed by atoms with Gasteiger partial charge in [-0.15, -0.1) is 6.58 Å². The Morgan fingerprint density at radius 1 is 1.31 bits per heavy atom. The molecular formula is C13H20O2S. The van der Waals surface area contributed by atoms with E-state index in [9.17, 15) is 9.00 Å². The minimum atomic E-state index is -0.632. The highest BCUT2D eigenvalue weighted by Crippen LogP contribution is 2.39. The van der Waals surface area contributed by atoms with Crippen LogP contribution in [0.15, 0.2) is 12.7 Å². The van der Waals surface area contributed by atoms with Gasteiger partial charge in [0, 0.05) is 33.6 Å². The lowest BCUT2D eigenvalue weighted by Crippen LogP contribution is -2.32. The van der Waals surface area contributed by atoms with Gasteiger partial charge in [-0.25, -0.2) is 0 Å². The lowest BCUT2D eigenvalue weighted by atomic mass is 9.92. The standard InChI is InChI=1S/C13H20O2S/c1-2-3-4-5-13(14)10-8-11-6-7-12(9-10)16(11)15/h2,10-12H,1,3-9H2. The zero-order valence-corrected chi connectivity index (χ0v) is 10.5. The number of Topliss-reactive ketones (excluding diaryl/α,β-unsaturated/α-hetero) is 1. The molecule has 2 heterocycles. The summed E-state index contributed by atoms with van der Waals surface area (Å²) in [5.74, 6) is 0.607. The molecule has 2 saturated heterocycles. The fourth-order valence-electron chi connectivity index (χ4n) is 2.92. The van der Waals surface area contributed by atoms with Crippen molar-refractivity contribution in [1.82, 2.24) is 0 Å². The largest absolute Gasteiger partial charge is 0.299 e. The highest BCUT2D eigenvalue weighted by atomic mass is 32.2. The Labute approximate surface area is 100.0 Å². The molecule has 0 aliphatic carbocycles. The number of hydrogen-bond acceptors (Lipinski definition) is 2. The number of fused-ring (bicyclic) bond motifs is 2. The molecule has 0 spiro atoms. The Kier molecular flexibility index (Phi) is 3.95. The zero-order valence-electron chi connectivity index (χ0n) is 9.69. The van der Waals surface area contributed by atoms with Crippen molar-refractivity contribution in [2.75, 3.05) is 0 Å². The highest BCUT2D eigenvalue weighted by molar-refractivity contribution is 7.86. The Morgan fingerprint density at radius 2 is 1.94 bits per heavy atom. The summed E-state index contributed by atoms with van der Waals surface area (Å²) in [6.07, 6.45) is 8.33. The summed E-state index contributed by atoms with van der Waals surface area (Å²) < 4.78 is 11.8. The normalized spacial score (nSPS) is 37.2. The van der Waals surface area contributed by atoms with Crippen molar-refractivity contribution < 1.29 is 9.00 Å². The van der Waals surface area contributed by atoms with Crippen molar-refractivity contribution in [1.29, 1.82) is 0 Å². The molecule has 0 aromatic rings. The van der Waals surface area contributed by atoms with Crippen LogP contribution in [0.25, 0.3) is 0 Å². The lowest BCUT2D eigenvalue weighted by molar-refractivity contribution is -0.123. The molecule has 2 aliphatic rings. The third kappa shape index (κ3) is 2.45. The monoisotopic (exact) mass is 240 g/mol. The van der Waals surface area contributed by atoms with Crippen LogP contribution in [-0.4, -0.2) is 20.5 Å². The number of allylic oxidation sites excluding steroid dienone is 1. The second kappa shape index (κ2) is 5.26. The molecule has 2 nitrogen and oxygen atoms in total. The molecule has 2 rings (SSSR count). The third-order valence-corrected chi connectivity index (χ3v) is 6.02. The van der Waals surface area contributed by atoms with Gasteiger partial charge in [0.1, 0.15) is 5.78 Å². The molecule has 2 aliphatic heterocycles. The highest BCUT2D eigenvalue weighted by Gasteiger charge is 2.42. The summed E-state index contributed by atoms with van der Waals surface area (Å²) in [5, 5.41) is 0.652. The predicted octanol–water partition coefficient (Wildman–Crippen LogP) is 2.60. The second-order valence-electron chi connectivity index (χ2n) is 4.97. The molecule has 16 heavy (non-hydrogen) atoms. The van der Waals surface area contributed by atoms with E-state index in [1.54, 1.807) is 0 Å². The lowest BCUT2D eigenvalue weighted by Gasteiger charge is -2.26. The van der Waals surface area contributed by atoms with E-state index in [1.165, 1.54) is 0 Å². The molecule has 2 atom stereocenters. The Bertz CT molecular complexity index is 295. The Morgan fingerprint density at radius 3 is 2.50 bits per heavy atom. The van der Waals surface area contributed by atoms with Gasteiger partial charge in [-0.05, 0) is 38.5 Å². The number of carbonyl (C=O) groups excluding carboxylic acids is 1. The van der Waals surface area contributed by atoms with Crippen molar-refractivity contribution in [3.05, 3.63) is 12.7 Å². The molecule has 0 N–H and O–H groups in total. The van der Waals surface area contributed by atoms with Crippen LogP contribution in [-0.2, 0) is 15.6 Å². The maximum atomic E-state index is 12.0. The molecule has 0 amide bonds. The van der Waals surface area contributed by atoms with Gasteiger partial charge >= 0.3 is 0 Å². The fourth-order valence-corrected chi connectivity index (χ4v) is 5.05. The van der Waals surface area contributed by atoms with E-state index < -0.39 is 10.8 Å². The van der Waals surface area contributed by atoms with E-state index in [1.807, 2.05) is 6.08 Å². The van der Waals surface area contributed by atoms with Gasteiger partial charge in [0.2, 0.25) is 0 Å². The van der Waals surface area contributed by atoms with Crippen LogP contribution in [0.1, 0.15) is 44.9 Å². The quantitative estimate of drug-likeness (QED) is 0.547. The summed E-state index contributed by atoms with van der Waals surface area (Å²) in [5.41, 5.74) is 0. The number of unbranched alkanes of at least 4 members (excludes halogenated alkanes) is 1. The van der Waals surface area contributed by atoms with Crippen LogP contribution < -0.4 is 0 Å². The van der Waals surface area contributed by atoms with E-state index >= 15 is 0 Å². The van der Waals surface area contributed by atoms with Gasteiger partial charge in [-0.1, -0.05) is 6.08 Å². The smallest absolute Gasteiger partial charge is 0.136 e. The van der Waals surface area contributed by atoms with E-state index in [-0.39, 0.29) is 5.92 Å². The fraction of sp³-hybridized carbons (Fsp3) is 0.769. The van der Waals surface area contributed by atoms with Crippen LogP contribution in [0.2, 0.25) is 0 Å². The van der Waals surface area contributed by atoms with Gasteiger partial charge in [-0.2, -0.15) is 0 Å². The van der Waals surface area contributed by atoms with Crippen LogP contribution in [0.3, 0.4) is 0 Å². The number of hydrogen-bond donors (Lipinski definition) is 0. The molecular weight excluding hydrogens is 220 g/mol.